The van der Waals surface area contributed by atoms with Crippen molar-refractivity contribution in [3.05, 3.63) is 29.1 Å². The number of benzene rings is 1. The van der Waals surface area contributed by atoms with E-state index in [0.29, 0.717) is 0 Å². The quantitative estimate of drug-likeness (QED) is 0.345. The molecule has 0 heterocycles. The van der Waals surface area contributed by atoms with Gasteiger partial charge in [0, 0.05) is 5.19 Å². The van der Waals surface area contributed by atoms with Gasteiger partial charge in [-0.2, -0.15) is 0 Å². The fourth-order valence-corrected chi connectivity index (χ4v) is 3.11. The Morgan fingerprint density at radius 3 is 1.29 bits per heavy atom. The standard InChI is InChI=1S/C10H12F5NSi/c1-16(2)17(3,4)10-8(14)6(12)5(11)7(13)9(10)15/h1-4H3. The van der Waals surface area contributed by atoms with Crippen LogP contribution >= 0.6 is 0 Å². The second-order valence-electron chi connectivity index (χ2n) is 4.40. The Labute approximate surface area is 96.9 Å². The predicted octanol–water partition coefficient (Wildman–Crippen LogP) is 2.36. The van der Waals surface area contributed by atoms with Gasteiger partial charge >= 0.3 is 0 Å². The molecular weight excluding hydrogens is 257 g/mol. The van der Waals surface area contributed by atoms with Gasteiger partial charge in [-0.05, 0) is 14.1 Å². The third kappa shape index (κ3) is 2.09. The van der Waals surface area contributed by atoms with Gasteiger partial charge in [0.25, 0.3) is 0 Å². The molecular formula is C10H12F5NSi. The Morgan fingerprint density at radius 2 is 1.00 bits per heavy atom. The molecule has 0 unspecified atom stereocenters. The van der Waals surface area contributed by atoms with Crippen LogP contribution in [0.3, 0.4) is 0 Å². The first-order valence-electron chi connectivity index (χ1n) is 4.81. The zero-order valence-electron chi connectivity index (χ0n) is 9.84. The molecule has 0 saturated heterocycles. The fourth-order valence-electron chi connectivity index (χ4n) is 1.37. The zero-order chi connectivity index (χ0) is 13.5. The average Bonchev–Trinajstić information content (AvgIpc) is 2.23. The van der Waals surface area contributed by atoms with E-state index in [0.717, 1.165) is 0 Å². The topological polar surface area (TPSA) is 3.24 Å². The van der Waals surface area contributed by atoms with E-state index < -0.39 is 42.5 Å². The molecule has 0 amide bonds. The molecule has 0 spiro atoms. The highest BCUT2D eigenvalue weighted by Crippen LogP contribution is 2.20. The lowest BCUT2D eigenvalue weighted by atomic mass is 10.3. The molecule has 0 aliphatic heterocycles. The molecule has 1 rings (SSSR count). The normalized spacial score (nSPS) is 12.4. The van der Waals surface area contributed by atoms with Crippen LogP contribution in [0.15, 0.2) is 0 Å². The molecule has 0 N–H and O–H groups in total. The fraction of sp³-hybridized carbons (Fsp3) is 0.400. The van der Waals surface area contributed by atoms with E-state index in [1.54, 1.807) is 14.1 Å². The summed E-state index contributed by atoms with van der Waals surface area (Å²) in [5.41, 5.74) is 0. The van der Waals surface area contributed by atoms with Crippen LogP contribution in [-0.4, -0.2) is 26.9 Å². The molecule has 7 heteroatoms. The maximum Gasteiger partial charge on any atom is 0.200 e. The van der Waals surface area contributed by atoms with Crippen LogP contribution in [0.5, 0.6) is 0 Å². The van der Waals surface area contributed by atoms with Gasteiger partial charge in [0.1, 0.15) is 0 Å². The summed E-state index contributed by atoms with van der Waals surface area (Å²) in [6, 6.07) is 0. The maximum absolute atomic E-state index is 13.5. The highest BCUT2D eigenvalue weighted by molar-refractivity contribution is 6.87. The smallest absolute Gasteiger partial charge is 0.200 e. The minimum Gasteiger partial charge on any atom is -0.326 e. The van der Waals surface area contributed by atoms with E-state index in [-0.39, 0.29) is 0 Å². The van der Waals surface area contributed by atoms with E-state index >= 15 is 0 Å². The van der Waals surface area contributed by atoms with Crippen molar-refractivity contribution >= 4 is 13.4 Å². The minimum atomic E-state index is -2.89. The molecule has 0 aromatic heterocycles. The second kappa shape index (κ2) is 4.38. The first kappa shape index (κ1) is 14.1. The van der Waals surface area contributed by atoms with Gasteiger partial charge in [-0.15, -0.1) is 0 Å². The summed E-state index contributed by atoms with van der Waals surface area (Å²) < 4.78 is 67.5. The van der Waals surface area contributed by atoms with Crippen LogP contribution < -0.4 is 5.19 Å². The molecule has 1 nitrogen and oxygen atoms in total. The Kier molecular flexibility index (Phi) is 3.63. The molecule has 0 atom stereocenters. The summed E-state index contributed by atoms with van der Waals surface area (Å²) in [4.78, 5) is 0. The molecule has 0 aliphatic rings. The Balaban J connectivity index is 3.66. The van der Waals surface area contributed by atoms with Crippen molar-refractivity contribution in [1.82, 2.24) is 4.57 Å². The summed E-state index contributed by atoms with van der Waals surface area (Å²) in [6.07, 6.45) is 0. The largest absolute Gasteiger partial charge is 0.326 e. The third-order valence-corrected chi connectivity index (χ3v) is 6.84. The highest BCUT2D eigenvalue weighted by atomic mass is 28.3. The van der Waals surface area contributed by atoms with Crippen LogP contribution in [0.25, 0.3) is 0 Å². The van der Waals surface area contributed by atoms with Crippen LogP contribution in [-0.2, 0) is 0 Å². The van der Waals surface area contributed by atoms with Gasteiger partial charge in [0.15, 0.2) is 31.5 Å². The lowest BCUT2D eigenvalue weighted by molar-refractivity contribution is 0.382. The van der Waals surface area contributed by atoms with Gasteiger partial charge in [-0.1, -0.05) is 13.1 Å². The molecule has 0 aliphatic carbocycles. The van der Waals surface area contributed by atoms with Gasteiger partial charge in [0.05, 0.1) is 0 Å². The van der Waals surface area contributed by atoms with Gasteiger partial charge in [-0.25, -0.2) is 22.0 Å². The first-order chi connectivity index (χ1) is 7.62. The molecule has 96 valence electrons. The SMILES string of the molecule is CN(C)[Si](C)(C)c1c(F)c(F)c(F)c(F)c1F. The summed E-state index contributed by atoms with van der Waals surface area (Å²) in [5.74, 6) is -9.35. The van der Waals surface area contributed by atoms with Crippen molar-refractivity contribution in [2.75, 3.05) is 14.1 Å². The summed E-state index contributed by atoms with van der Waals surface area (Å²) in [7, 11) is 0.197. The minimum absolute atomic E-state index is 0.695. The van der Waals surface area contributed by atoms with E-state index in [9.17, 15) is 22.0 Å². The summed E-state index contributed by atoms with van der Waals surface area (Å²) in [6.45, 7) is 3.01. The molecule has 0 bridgehead atoms. The highest BCUT2D eigenvalue weighted by Gasteiger charge is 2.38. The maximum atomic E-state index is 13.5. The molecule has 0 fully saturated rings. The second-order valence-corrected chi connectivity index (χ2v) is 8.91. The Hall–Kier alpha value is -0.953. The Morgan fingerprint density at radius 1 is 0.706 bits per heavy atom. The van der Waals surface area contributed by atoms with Gasteiger partial charge in [-0.3, -0.25) is 0 Å². The number of rotatable bonds is 2. The number of hydrogen-bond donors (Lipinski definition) is 0. The van der Waals surface area contributed by atoms with Crippen LogP contribution in [0.2, 0.25) is 13.1 Å². The van der Waals surface area contributed by atoms with Crippen LogP contribution in [0.1, 0.15) is 0 Å². The number of halogens is 5. The third-order valence-electron chi connectivity index (χ3n) is 2.94. The number of nitrogens with zero attached hydrogens (tertiary/aromatic N) is 1. The lowest BCUT2D eigenvalue weighted by Crippen LogP contribution is -2.57. The monoisotopic (exact) mass is 269 g/mol. The molecule has 17 heavy (non-hydrogen) atoms. The zero-order valence-corrected chi connectivity index (χ0v) is 10.8. The average molecular weight is 269 g/mol. The van der Waals surface area contributed by atoms with E-state index in [1.165, 1.54) is 17.7 Å². The summed E-state index contributed by atoms with van der Waals surface area (Å²) in [5, 5.41) is -0.695. The molecule has 1 aromatic carbocycles. The predicted molar refractivity (Wildman–Crippen MR) is 57.0 cm³/mol. The van der Waals surface area contributed by atoms with Crippen LogP contribution in [0.4, 0.5) is 22.0 Å². The molecule has 0 radical (unpaired) electrons. The van der Waals surface area contributed by atoms with E-state index in [4.69, 9.17) is 0 Å². The van der Waals surface area contributed by atoms with Crippen molar-refractivity contribution in [3.8, 4) is 0 Å². The van der Waals surface area contributed by atoms with Crippen molar-refractivity contribution in [2.24, 2.45) is 0 Å². The van der Waals surface area contributed by atoms with Crippen molar-refractivity contribution in [2.45, 2.75) is 13.1 Å². The van der Waals surface area contributed by atoms with Crippen molar-refractivity contribution < 1.29 is 22.0 Å². The summed E-state index contributed by atoms with van der Waals surface area (Å²) >= 11 is 0. The van der Waals surface area contributed by atoms with E-state index in [1.807, 2.05) is 0 Å². The number of hydrogen-bond acceptors (Lipinski definition) is 1. The van der Waals surface area contributed by atoms with Crippen molar-refractivity contribution in [1.29, 1.82) is 0 Å². The van der Waals surface area contributed by atoms with Gasteiger partial charge in [0.2, 0.25) is 5.82 Å². The van der Waals surface area contributed by atoms with Crippen LogP contribution in [0, 0.1) is 29.1 Å². The van der Waals surface area contributed by atoms with Gasteiger partial charge < -0.3 is 4.57 Å². The molecule has 1 aromatic rings. The van der Waals surface area contributed by atoms with E-state index in [2.05, 4.69) is 0 Å². The first-order valence-corrected chi connectivity index (χ1v) is 7.76. The Bertz CT molecular complexity index is 429. The lowest BCUT2D eigenvalue weighted by Gasteiger charge is -2.31. The van der Waals surface area contributed by atoms with Crippen molar-refractivity contribution in [3.63, 3.8) is 0 Å². The molecule has 0 saturated carbocycles.